The van der Waals surface area contributed by atoms with E-state index in [1.54, 1.807) is 16.8 Å². The lowest BCUT2D eigenvalue weighted by atomic mass is 9.99. The number of pyridine rings is 1. The van der Waals surface area contributed by atoms with Crippen molar-refractivity contribution in [2.45, 2.75) is 39.4 Å². The van der Waals surface area contributed by atoms with Gasteiger partial charge in [-0.15, -0.1) is 0 Å². The summed E-state index contributed by atoms with van der Waals surface area (Å²) in [4.78, 5) is 37.6. The topological polar surface area (TPSA) is 71.4 Å². The van der Waals surface area contributed by atoms with Gasteiger partial charge in [-0.3, -0.25) is 14.5 Å². The molecule has 1 aliphatic heterocycles. The summed E-state index contributed by atoms with van der Waals surface area (Å²) in [5.41, 5.74) is 1.81. The molecule has 136 valence electrons. The first kappa shape index (κ1) is 17.9. The normalized spacial score (nSPS) is 18.1. The van der Waals surface area contributed by atoms with E-state index in [0.29, 0.717) is 6.54 Å². The number of rotatable bonds is 6. The summed E-state index contributed by atoms with van der Waals surface area (Å²) in [6.07, 6.45) is 2.58. The maximum atomic E-state index is 12.5. The Hall–Kier alpha value is -2.89. The molecule has 26 heavy (non-hydrogen) atoms. The predicted octanol–water partition coefficient (Wildman–Crippen LogP) is 2.36. The lowest BCUT2D eigenvalue weighted by Crippen LogP contribution is -2.35. The Morgan fingerprint density at radius 1 is 1.00 bits per heavy atom. The number of hydrogen-bond donors (Lipinski definition) is 1. The first-order valence-electron chi connectivity index (χ1n) is 8.84. The van der Waals surface area contributed by atoms with E-state index in [9.17, 15) is 14.4 Å². The minimum Gasteiger partial charge on any atom is -0.326 e. The summed E-state index contributed by atoms with van der Waals surface area (Å²) in [6.45, 7) is 4.71. The maximum absolute atomic E-state index is 12.5. The fourth-order valence-corrected chi connectivity index (χ4v) is 3.03. The van der Waals surface area contributed by atoms with Crippen LogP contribution in [0.4, 0.5) is 4.79 Å². The van der Waals surface area contributed by atoms with Gasteiger partial charge >= 0.3 is 6.03 Å². The number of nitrogens with zero attached hydrogens (tertiary/aromatic N) is 2. The van der Waals surface area contributed by atoms with Crippen LogP contribution in [0.15, 0.2) is 53.5 Å². The third-order valence-corrected chi connectivity index (χ3v) is 4.88. The second-order valence-corrected chi connectivity index (χ2v) is 6.72. The molecular formula is C20H23N3O3. The van der Waals surface area contributed by atoms with E-state index in [4.69, 9.17) is 0 Å². The van der Waals surface area contributed by atoms with Gasteiger partial charge in [-0.05, 0) is 23.1 Å². The summed E-state index contributed by atoms with van der Waals surface area (Å²) in [7, 11) is 0. The molecule has 1 N–H and O–H groups in total. The van der Waals surface area contributed by atoms with Gasteiger partial charge in [-0.2, -0.15) is 0 Å². The average molecular weight is 353 g/mol. The predicted molar refractivity (Wildman–Crippen MR) is 98.6 cm³/mol. The Morgan fingerprint density at radius 3 is 2.27 bits per heavy atom. The molecule has 3 rings (SSSR count). The number of imide groups is 1. The summed E-state index contributed by atoms with van der Waals surface area (Å²) in [5, 5.41) is 2.77. The third kappa shape index (κ3) is 3.69. The fraction of sp³-hybridized carbons (Fsp3) is 0.350. The van der Waals surface area contributed by atoms with Crippen LogP contribution in [-0.2, 0) is 17.9 Å². The molecule has 0 radical (unpaired) electrons. The highest BCUT2D eigenvalue weighted by Gasteiger charge is 2.40. The number of carbonyl (C=O) groups is 2. The largest absolute Gasteiger partial charge is 0.326 e. The monoisotopic (exact) mass is 353 g/mol. The van der Waals surface area contributed by atoms with Crippen LogP contribution in [0.2, 0.25) is 0 Å². The molecule has 1 saturated heterocycles. The standard InChI is InChI=1S/C20H23N3O3/c1-3-14(2)18-19(25)23(20(26)21-18)13-16-9-7-15(8-10-16)12-22-11-5-4-6-17(22)24/h4-11,14,18H,3,12-13H2,1-2H3,(H,21,26)/t14-,18-/m0/s1. The van der Waals surface area contributed by atoms with Crippen LogP contribution >= 0.6 is 0 Å². The smallest absolute Gasteiger partial charge is 0.325 e. The van der Waals surface area contributed by atoms with Crippen molar-refractivity contribution in [3.8, 4) is 0 Å². The Labute approximate surface area is 152 Å². The van der Waals surface area contributed by atoms with Crippen LogP contribution in [0, 0.1) is 5.92 Å². The van der Waals surface area contributed by atoms with Crippen molar-refractivity contribution in [1.82, 2.24) is 14.8 Å². The van der Waals surface area contributed by atoms with E-state index in [2.05, 4.69) is 5.32 Å². The minimum atomic E-state index is -0.434. The van der Waals surface area contributed by atoms with E-state index in [-0.39, 0.29) is 30.0 Å². The second kappa shape index (κ2) is 7.56. The molecule has 1 aromatic heterocycles. The highest BCUT2D eigenvalue weighted by molar-refractivity contribution is 6.04. The van der Waals surface area contributed by atoms with Crippen LogP contribution in [0.25, 0.3) is 0 Å². The number of nitrogens with one attached hydrogen (secondary N) is 1. The number of hydrogen-bond acceptors (Lipinski definition) is 3. The zero-order chi connectivity index (χ0) is 18.7. The quantitative estimate of drug-likeness (QED) is 0.811. The first-order chi connectivity index (χ1) is 12.5. The zero-order valence-corrected chi connectivity index (χ0v) is 15.0. The molecule has 0 unspecified atom stereocenters. The molecule has 6 nitrogen and oxygen atoms in total. The number of amides is 3. The number of benzene rings is 1. The van der Waals surface area contributed by atoms with Crippen molar-refractivity contribution in [3.05, 3.63) is 70.1 Å². The van der Waals surface area contributed by atoms with Crippen molar-refractivity contribution >= 4 is 11.9 Å². The average Bonchev–Trinajstić information content (AvgIpc) is 2.92. The van der Waals surface area contributed by atoms with Gasteiger partial charge in [0.25, 0.3) is 11.5 Å². The molecule has 2 heterocycles. The number of carbonyl (C=O) groups excluding carboxylic acids is 2. The van der Waals surface area contributed by atoms with Gasteiger partial charge in [0.1, 0.15) is 6.04 Å². The van der Waals surface area contributed by atoms with Gasteiger partial charge < -0.3 is 9.88 Å². The molecule has 0 aliphatic carbocycles. The van der Waals surface area contributed by atoms with Crippen molar-refractivity contribution < 1.29 is 9.59 Å². The van der Waals surface area contributed by atoms with Gasteiger partial charge in [-0.1, -0.05) is 50.6 Å². The number of urea groups is 1. The van der Waals surface area contributed by atoms with Crippen molar-refractivity contribution in [1.29, 1.82) is 0 Å². The van der Waals surface area contributed by atoms with Crippen molar-refractivity contribution in [2.75, 3.05) is 0 Å². The Morgan fingerprint density at radius 2 is 1.65 bits per heavy atom. The summed E-state index contributed by atoms with van der Waals surface area (Å²) in [5.74, 6) is -0.0488. The van der Waals surface area contributed by atoms with Gasteiger partial charge in [0.05, 0.1) is 13.1 Å². The number of aromatic nitrogens is 1. The molecule has 2 aromatic rings. The van der Waals surface area contributed by atoms with Crippen LogP contribution in [0.1, 0.15) is 31.4 Å². The van der Waals surface area contributed by atoms with Gasteiger partial charge in [0.15, 0.2) is 0 Å². The van der Waals surface area contributed by atoms with Crippen LogP contribution < -0.4 is 10.9 Å². The van der Waals surface area contributed by atoms with Gasteiger partial charge in [0.2, 0.25) is 0 Å². The zero-order valence-electron chi connectivity index (χ0n) is 15.0. The Bertz CT molecular complexity index is 857. The van der Waals surface area contributed by atoms with E-state index in [0.717, 1.165) is 17.5 Å². The Balaban J connectivity index is 1.68. The fourth-order valence-electron chi connectivity index (χ4n) is 3.03. The molecule has 3 amide bonds. The molecule has 1 aromatic carbocycles. The van der Waals surface area contributed by atoms with E-state index >= 15 is 0 Å². The van der Waals surface area contributed by atoms with Crippen LogP contribution in [0.5, 0.6) is 0 Å². The molecular weight excluding hydrogens is 330 g/mol. The molecule has 0 saturated carbocycles. The second-order valence-electron chi connectivity index (χ2n) is 6.72. The highest BCUT2D eigenvalue weighted by Crippen LogP contribution is 2.19. The highest BCUT2D eigenvalue weighted by atomic mass is 16.2. The van der Waals surface area contributed by atoms with E-state index < -0.39 is 6.04 Å². The molecule has 2 atom stereocenters. The summed E-state index contributed by atoms with van der Waals surface area (Å²) >= 11 is 0. The van der Waals surface area contributed by atoms with Crippen LogP contribution in [0.3, 0.4) is 0 Å². The lowest BCUT2D eigenvalue weighted by Gasteiger charge is -2.16. The van der Waals surface area contributed by atoms with E-state index in [1.807, 2.05) is 44.2 Å². The third-order valence-electron chi connectivity index (χ3n) is 4.88. The van der Waals surface area contributed by atoms with Crippen molar-refractivity contribution in [3.63, 3.8) is 0 Å². The minimum absolute atomic E-state index is 0.0491. The van der Waals surface area contributed by atoms with Crippen LogP contribution in [-0.4, -0.2) is 27.4 Å². The SMILES string of the molecule is CC[C@H](C)[C@@H]1NC(=O)N(Cc2ccc(Cn3ccccc3=O)cc2)C1=O. The van der Waals surface area contributed by atoms with Gasteiger partial charge in [0, 0.05) is 12.3 Å². The first-order valence-corrected chi connectivity index (χ1v) is 8.84. The maximum Gasteiger partial charge on any atom is 0.325 e. The van der Waals surface area contributed by atoms with Gasteiger partial charge in [-0.25, -0.2) is 4.79 Å². The molecule has 1 aliphatic rings. The summed E-state index contributed by atoms with van der Waals surface area (Å²) < 4.78 is 1.63. The van der Waals surface area contributed by atoms with Crippen molar-refractivity contribution in [2.24, 2.45) is 5.92 Å². The lowest BCUT2D eigenvalue weighted by molar-refractivity contribution is -0.128. The van der Waals surface area contributed by atoms with E-state index in [1.165, 1.54) is 11.0 Å². The summed E-state index contributed by atoms with van der Waals surface area (Å²) in [6, 6.07) is 11.9. The Kier molecular flexibility index (Phi) is 5.21. The molecule has 0 bridgehead atoms. The molecule has 0 spiro atoms. The molecule has 1 fully saturated rings. The molecule has 6 heteroatoms.